The van der Waals surface area contributed by atoms with Crippen LogP contribution in [0, 0.1) is 0 Å². The maximum atomic E-state index is 10.8. The van der Waals surface area contributed by atoms with Crippen molar-refractivity contribution in [1.82, 2.24) is 10.3 Å². The molecule has 1 aliphatic heterocycles. The number of benzene rings is 1. The molecule has 0 unspecified atom stereocenters. The van der Waals surface area contributed by atoms with Gasteiger partial charge in [-0.05, 0) is 12.1 Å². The molecule has 0 radical (unpaired) electrons. The normalized spacial score (nSPS) is 15.9. The van der Waals surface area contributed by atoms with E-state index in [4.69, 9.17) is 0 Å². The molecule has 0 spiro atoms. The van der Waals surface area contributed by atoms with Crippen molar-refractivity contribution in [2.75, 3.05) is 31.1 Å². The zero-order valence-electron chi connectivity index (χ0n) is 10.1. The first-order valence-electron chi connectivity index (χ1n) is 6.18. The lowest BCUT2D eigenvalue weighted by Crippen LogP contribution is -2.43. The van der Waals surface area contributed by atoms with Gasteiger partial charge in [-0.15, -0.1) is 0 Å². The summed E-state index contributed by atoms with van der Waals surface area (Å²) in [4.78, 5) is 17.5. The van der Waals surface area contributed by atoms with Crippen LogP contribution in [0.25, 0.3) is 10.9 Å². The minimum Gasteiger partial charge on any atom is -0.368 e. The number of fused-ring (bicyclic) bond motifs is 1. The number of nitrogens with zero attached hydrogens (tertiary/aromatic N) is 2. The Morgan fingerprint density at radius 1 is 1.22 bits per heavy atom. The average molecular weight is 241 g/mol. The predicted octanol–water partition coefficient (Wildman–Crippen LogP) is 1.46. The topological polar surface area (TPSA) is 45.2 Å². The third-order valence-corrected chi connectivity index (χ3v) is 3.34. The average Bonchev–Trinajstić information content (AvgIpc) is 2.47. The van der Waals surface area contributed by atoms with Gasteiger partial charge >= 0.3 is 0 Å². The van der Waals surface area contributed by atoms with Gasteiger partial charge in [0.2, 0.25) is 0 Å². The molecule has 0 atom stereocenters. The molecule has 1 aliphatic rings. The molecule has 0 bridgehead atoms. The van der Waals surface area contributed by atoms with Crippen molar-refractivity contribution >= 4 is 22.9 Å². The molecule has 0 aliphatic carbocycles. The Hall–Kier alpha value is -1.94. The molecule has 1 aromatic carbocycles. The number of aromatic nitrogens is 1. The number of nitrogens with one attached hydrogen (secondary N) is 1. The molecule has 2 aromatic rings. The van der Waals surface area contributed by atoms with Crippen molar-refractivity contribution in [2.45, 2.75) is 0 Å². The van der Waals surface area contributed by atoms with Crippen LogP contribution in [-0.2, 0) is 0 Å². The summed E-state index contributed by atoms with van der Waals surface area (Å²) >= 11 is 0. The molecule has 18 heavy (non-hydrogen) atoms. The molecule has 4 heteroatoms. The van der Waals surface area contributed by atoms with Crippen LogP contribution in [-0.4, -0.2) is 37.4 Å². The lowest BCUT2D eigenvalue weighted by Gasteiger charge is -2.30. The van der Waals surface area contributed by atoms with Crippen molar-refractivity contribution < 1.29 is 4.79 Å². The smallest absolute Gasteiger partial charge is 0.150 e. The van der Waals surface area contributed by atoms with E-state index in [1.807, 2.05) is 30.5 Å². The first-order valence-corrected chi connectivity index (χ1v) is 6.18. The monoisotopic (exact) mass is 241 g/mol. The second-order valence-corrected chi connectivity index (χ2v) is 4.46. The van der Waals surface area contributed by atoms with E-state index in [0.29, 0.717) is 5.56 Å². The van der Waals surface area contributed by atoms with Crippen LogP contribution in [0.5, 0.6) is 0 Å². The minimum absolute atomic E-state index is 0.674. The maximum absolute atomic E-state index is 10.8. The molecule has 0 amide bonds. The summed E-state index contributed by atoms with van der Waals surface area (Å²) in [5.74, 6) is 0. The fourth-order valence-electron chi connectivity index (χ4n) is 2.40. The molecule has 1 aromatic heterocycles. The van der Waals surface area contributed by atoms with E-state index in [-0.39, 0.29) is 0 Å². The molecule has 0 saturated carbocycles. The van der Waals surface area contributed by atoms with E-state index in [9.17, 15) is 4.79 Å². The quantitative estimate of drug-likeness (QED) is 0.808. The Labute approximate surface area is 106 Å². The van der Waals surface area contributed by atoms with Crippen molar-refractivity contribution in [3.63, 3.8) is 0 Å². The lowest BCUT2D eigenvalue weighted by molar-refractivity contribution is 0.112. The number of anilines is 1. The van der Waals surface area contributed by atoms with Gasteiger partial charge in [0.1, 0.15) is 6.29 Å². The van der Waals surface area contributed by atoms with Crippen LogP contribution in [0.2, 0.25) is 0 Å². The van der Waals surface area contributed by atoms with Gasteiger partial charge < -0.3 is 10.2 Å². The van der Waals surface area contributed by atoms with Gasteiger partial charge in [0.25, 0.3) is 0 Å². The van der Waals surface area contributed by atoms with E-state index in [1.54, 1.807) is 0 Å². The molecule has 1 saturated heterocycles. The van der Waals surface area contributed by atoms with Crippen LogP contribution in [0.3, 0.4) is 0 Å². The molecule has 1 N–H and O–H groups in total. The van der Waals surface area contributed by atoms with Gasteiger partial charge in [-0.3, -0.25) is 9.78 Å². The maximum Gasteiger partial charge on any atom is 0.150 e. The number of rotatable bonds is 2. The molecule has 1 fully saturated rings. The van der Waals surface area contributed by atoms with E-state index in [1.165, 1.54) is 5.69 Å². The largest absolute Gasteiger partial charge is 0.368 e. The Morgan fingerprint density at radius 3 is 2.83 bits per heavy atom. The van der Waals surface area contributed by atoms with Gasteiger partial charge in [-0.25, -0.2) is 0 Å². The van der Waals surface area contributed by atoms with Gasteiger partial charge in [-0.2, -0.15) is 0 Å². The van der Waals surface area contributed by atoms with Gasteiger partial charge in [0, 0.05) is 49.0 Å². The fourth-order valence-corrected chi connectivity index (χ4v) is 2.40. The van der Waals surface area contributed by atoms with Crippen LogP contribution in [0.1, 0.15) is 10.4 Å². The van der Waals surface area contributed by atoms with Crippen molar-refractivity contribution in [2.24, 2.45) is 0 Å². The van der Waals surface area contributed by atoms with E-state index < -0.39 is 0 Å². The summed E-state index contributed by atoms with van der Waals surface area (Å²) in [6, 6.07) is 7.73. The number of hydrogen-bond acceptors (Lipinski definition) is 4. The summed E-state index contributed by atoms with van der Waals surface area (Å²) in [6.07, 6.45) is 2.67. The van der Waals surface area contributed by atoms with Crippen molar-refractivity contribution in [3.05, 3.63) is 36.0 Å². The number of hydrogen-bond donors (Lipinski definition) is 1. The summed E-state index contributed by atoms with van der Waals surface area (Å²) in [5.41, 5.74) is 2.77. The van der Waals surface area contributed by atoms with Gasteiger partial charge in [0.15, 0.2) is 0 Å². The number of aldehydes is 1. The summed E-state index contributed by atoms with van der Waals surface area (Å²) in [5, 5.41) is 4.46. The summed E-state index contributed by atoms with van der Waals surface area (Å²) in [6.45, 7) is 4.04. The Balaban J connectivity index is 2.08. The number of carbonyl (C=O) groups excluding carboxylic acids is 1. The second-order valence-electron chi connectivity index (χ2n) is 4.46. The van der Waals surface area contributed by atoms with E-state index in [2.05, 4.69) is 15.2 Å². The lowest BCUT2D eigenvalue weighted by atomic mass is 10.1. The zero-order chi connectivity index (χ0) is 12.4. The van der Waals surface area contributed by atoms with E-state index >= 15 is 0 Å². The first-order chi connectivity index (χ1) is 8.88. The molecule has 3 rings (SSSR count). The molecular weight excluding hydrogens is 226 g/mol. The highest BCUT2D eigenvalue weighted by Crippen LogP contribution is 2.25. The third kappa shape index (κ3) is 1.95. The third-order valence-electron chi connectivity index (χ3n) is 3.34. The van der Waals surface area contributed by atoms with Crippen molar-refractivity contribution in [1.29, 1.82) is 0 Å². The Bertz CT molecular complexity index is 576. The standard InChI is InChI=1S/C14H15N3O/c18-10-11-1-2-12-13(9-11)16-4-3-14(12)17-7-5-15-6-8-17/h1-4,9-10,15H,5-8H2. The van der Waals surface area contributed by atoms with E-state index in [0.717, 1.165) is 43.4 Å². The number of carbonyl (C=O) groups is 1. The van der Waals surface area contributed by atoms with Crippen LogP contribution < -0.4 is 10.2 Å². The molecule has 92 valence electrons. The summed E-state index contributed by atoms with van der Waals surface area (Å²) < 4.78 is 0. The molecule has 4 nitrogen and oxygen atoms in total. The van der Waals surface area contributed by atoms with Crippen LogP contribution in [0.4, 0.5) is 5.69 Å². The van der Waals surface area contributed by atoms with Gasteiger partial charge in [0.05, 0.1) is 5.52 Å². The molecular formula is C14H15N3O. The highest BCUT2D eigenvalue weighted by atomic mass is 16.1. The SMILES string of the molecule is O=Cc1ccc2c(N3CCNCC3)ccnc2c1. The minimum atomic E-state index is 0.674. The first kappa shape index (κ1) is 11.2. The predicted molar refractivity (Wildman–Crippen MR) is 72.2 cm³/mol. The molecule has 2 heterocycles. The fraction of sp³-hybridized carbons (Fsp3) is 0.286. The van der Waals surface area contributed by atoms with Crippen LogP contribution in [0.15, 0.2) is 30.5 Å². The number of pyridine rings is 1. The summed E-state index contributed by atoms with van der Waals surface area (Å²) in [7, 11) is 0. The number of piperazine rings is 1. The highest BCUT2D eigenvalue weighted by Gasteiger charge is 2.13. The van der Waals surface area contributed by atoms with Crippen molar-refractivity contribution in [3.8, 4) is 0 Å². The Kier molecular flexibility index (Phi) is 2.94. The zero-order valence-corrected chi connectivity index (χ0v) is 10.1. The van der Waals surface area contributed by atoms with Crippen LogP contribution >= 0.6 is 0 Å². The highest BCUT2D eigenvalue weighted by molar-refractivity contribution is 5.94. The Morgan fingerprint density at radius 2 is 2.06 bits per heavy atom. The van der Waals surface area contributed by atoms with Gasteiger partial charge in [-0.1, -0.05) is 12.1 Å². The second kappa shape index (κ2) is 4.74.